The van der Waals surface area contributed by atoms with E-state index >= 15 is 0 Å². The first-order chi connectivity index (χ1) is 10.9. The summed E-state index contributed by atoms with van der Waals surface area (Å²) in [5.74, 6) is -0.770. The Morgan fingerprint density at radius 3 is 2.57 bits per heavy atom. The number of esters is 1. The van der Waals surface area contributed by atoms with E-state index in [0.717, 1.165) is 11.1 Å². The molecule has 1 unspecified atom stereocenters. The predicted molar refractivity (Wildman–Crippen MR) is 88.1 cm³/mol. The van der Waals surface area contributed by atoms with E-state index in [1.807, 2.05) is 31.2 Å². The summed E-state index contributed by atoms with van der Waals surface area (Å²) in [6.07, 6.45) is 1.64. The standard InChI is InChI=1S/C17H21N3O3/c1-4-23-17(22)14-9-13(10-20(14)3)19-16(21)15(18)12-7-5-11(2)6-8-12/h5-10,15H,4,18H2,1-3H3,(H,19,21). The first kappa shape index (κ1) is 16.8. The minimum atomic E-state index is -0.776. The third kappa shape index (κ3) is 3.98. The van der Waals surface area contributed by atoms with E-state index in [2.05, 4.69) is 5.32 Å². The molecule has 1 amide bonds. The zero-order chi connectivity index (χ0) is 17.0. The molecule has 1 aromatic heterocycles. The maximum Gasteiger partial charge on any atom is 0.355 e. The van der Waals surface area contributed by atoms with Crippen LogP contribution in [0.3, 0.4) is 0 Å². The number of aromatic nitrogens is 1. The van der Waals surface area contributed by atoms with Crippen molar-refractivity contribution in [3.63, 3.8) is 0 Å². The maximum absolute atomic E-state index is 12.3. The van der Waals surface area contributed by atoms with E-state index in [1.54, 1.807) is 30.8 Å². The van der Waals surface area contributed by atoms with Gasteiger partial charge in [0.2, 0.25) is 5.91 Å². The number of nitrogens with two attached hydrogens (primary N) is 1. The normalized spacial score (nSPS) is 11.8. The summed E-state index contributed by atoms with van der Waals surface area (Å²) in [5.41, 5.74) is 8.68. The van der Waals surface area contributed by atoms with Gasteiger partial charge in [-0.2, -0.15) is 0 Å². The summed E-state index contributed by atoms with van der Waals surface area (Å²) in [6, 6.07) is 8.26. The van der Waals surface area contributed by atoms with E-state index in [1.165, 1.54) is 0 Å². The number of benzene rings is 1. The second kappa shape index (κ2) is 7.11. The first-order valence-electron chi connectivity index (χ1n) is 7.39. The van der Waals surface area contributed by atoms with Crippen LogP contribution >= 0.6 is 0 Å². The molecule has 2 aromatic rings. The van der Waals surface area contributed by atoms with E-state index in [0.29, 0.717) is 18.0 Å². The van der Waals surface area contributed by atoms with E-state index in [4.69, 9.17) is 10.5 Å². The first-order valence-corrected chi connectivity index (χ1v) is 7.39. The Balaban J connectivity index is 2.09. The monoisotopic (exact) mass is 315 g/mol. The fourth-order valence-electron chi connectivity index (χ4n) is 2.19. The number of nitrogens with zero attached hydrogens (tertiary/aromatic N) is 1. The van der Waals surface area contributed by atoms with Gasteiger partial charge in [0.25, 0.3) is 0 Å². The van der Waals surface area contributed by atoms with Crippen LogP contribution in [0.25, 0.3) is 0 Å². The van der Waals surface area contributed by atoms with Gasteiger partial charge in [0.05, 0.1) is 12.3 Å². The number of carbonyl (C=O) groups excluding carboxylic acids is 2. The Kier molecular flexibility index (Phi) is 5.18. The number of ether oxygens (including phenoxy) is 1. The summed E-state index contributed by atoms with van der Waals surface area (Å²) in [6.45, 7) is 4.00. The van der Waals surface area contributed by atoms with Gasteiger partial charge in [0.15, 0.2) is 0 Å². The highest BCUT2D eigenvalue weighted by atomic mass is 16.5. The molecule has 1 aromatic carbocycles. The molecule has 3 N–H and O–H groups in total. The van der Waals surface area contributed by atoms with Crippen molar-refractivity contribution < 1.29 is 14.3 Å². The van der Waals surface area contributed by atoms with Crippen LogP contribution in [-0.2, 0) is 16.6 Å². The Morgan fingerprint density at radius 1 is 1.30 bits per heavy atom. The van der Waals surface area contributed by atoms with Crippen molar-refractivity contribution in [2.75, 3.05) is 11.9 Å². The molecule has 0 saturated heterocycles. The number of hydrogen-bond donors (Lipinski definition) is 2. The number of nitrogens with one attached hydrogen (secondary N) is 1. The summed E-state index contributed by atoms with van der Waals surface area (Å²) < 4.78 is 6.56. The van der Waals surface area contributed by atoms with Gasteiger partial charge in [0.1, 0.15) is 11.7 Å². The molecule has 0 aliphatic rings. The smallest absolute Gasteiger partial charge is 0.355 e. The van der Waals surface area contributed by atoms with Gasteiger partial charge in [-0.3, -0.25) is 4.79 Å². The molecule has 1 atom stereocenters. The molecule has 6 heteroatoms. The van der Waals surface area contributed by atoms with Gasteiger partial charge in [0, 0.05) is 13.2 Å². The van der Waals surface area contributed by atoms with Crippen molar-refractivity contribution >= 4 is 17.6 Å². The Bertz CT molecular complexity index is 704. The number of carbonyl (C=O) groups is 2. The van der Waals surface area contributed by atoms with Crippen molar-refractivity contribution in [3.8, 4) is 0 Å². The Morgan fingerprint density at radius 2 is 1.96 bits per heavy atom. The topological polar surface area (TPSA) is 86.3 Å². The number of aryl methyl sites for hydroxylation is 2. The molecule has 23 heavy (non-hydrogen) atoms. The lowest BCUT2D eigenvalue weighted by Crippen LogP contribution is -2.27. The van der Waals surface area contributed by atoms with Crippen LogP contribution in [0.5, 0.6) is 0 Å². The molecule has 0 radical (unpaired) electrons. The molecule has 0 saturated carbocycles. The Hall–Kier alpha value is -2.60. The summed E-state index contributed by atoms with van der Waals surface area (Å²) in [5, 5.41) is 2.72. The molecular weight excluding hydrogens is 294 g/mol. The van der Waals surface area contributed by atoms with Crippen LogP contribution in [0, 0.1) is 6.92 Å². The van der Waals surface area contributed by atoms with E-state index < -0.39 is 12.0 Å². The third-order valence-corrected chi connectivity index (χ3v) is 3.48. The molecule has 2 rings (SSSR count). The average molecular weight is 315 g/mol. The van der Waals surface area contributed by atoms with E-state index in [-0.39, 0.29) is 5.91 Å². The van der Waals surface area contributed by atoms with E-state index in [9.17, 15) is 9.59 Å². The minimum absolute atomic E-state index is 0.296. The quantitative estimate of drug-likeness (QED) is 0.828. The van der Waals surface area contributed by atoms with Crippen LogP contribution in [-0.4, -0.2) is 23.1 Å². The molecule has 6 nitrogen and oxygen atoms in total. The maximum atomic E-state index is 12.3. The van der Waals surface area contributed by atoms with Gasteiger partial charge in [-0.15, -0.1) is 0 Å². The fraction of sp³-hybridized carbons (Fsp3) is 0.294. The van der Waals surface area contributed by atoms with Crippen molar-refractivity contribution in [2.24, 2.45) is 12.8 Å². The highest BCUT2D eigenvalue weighted by Crippen LogP contribution is 2.17. The lowest BCUT2D eigenvalue weighted by molar-refractivity contribution is -0.117. The molecule has 0 fully saturated rings. The largest absolute Gasteiger partial charge is 0.461 e. The van der Waals surface area contributed by atoms with Gasteiger partial charge in [-0.05, 0) is 25.5 Å². The molecule has 0 aliphatic carbocycles. The second-order valence-electron chi connectivity index (χ2n) is 5.32. The number of hydrogen-bond acceptors (Lipinski definition) is 4. The van der Waals surface area contributed by atoms with Crippen LogP contribution < -0.4 is 11.1 Å². The fourth-order valence-corrected chi connectivity index (χ4v) is 2.19. The van der Waals surface area contributed by atoms with Gasteiger partial charge >= 0.3 is 5.97 Å². The number of amides is 1. The highest BCUT2D eigenvalue weighted by molar-refractivity contribution is 5.97. The predicted octanol–water partition coefficient (Wildman–Crippen LogP) is 2.15. The zero-order valence-corrected chi connectivity index (χ0v) is 13.5. The van der Waals surface area contributed by atoms with Crippen molar-refractivity contribution in [1.82, 2.24) is 4.57 Å². The van der Waals surface area contributed by atoms with Gasteiger partial charge in [-0.1, -0.05) is 29.8 Å². The third-order valence-electron chi connectivity index (χ3n) is 3.48. The van der Waals surface area contributed by atoms with Gasteiger partial charge < -0.3 is 20.4 Å². The van der Waals surface area contributed by atoms with Crippen LogP contribution in [0.15, 0.2) is 36.5 Å². The lowest BCUT2D eigenvalue weighted by Gasteiger charge is -2.12. The number of rotatable bonds is 5. The van der Waals surface area contributed by atoms with Crippen LogP contribution in [0.4, 0.5) is 5.69 Å². The molecule has 0 bridgehead atoms. The summed E-state index contributed by atoms with van der Waals surface area (Å²) >= 11 is 0. The van der Waals surface area contributed by atoms with Crippen molar-refractivity contribution in [1.29, 1.82) is 0 Å². The molecule has 1 heterocycles. The average Bonchev–Trinajstić information content (AvgIpc) is 2.88. The summed E-state index contributed by atoms with van der Waals surface area (Å²) in [7, 11) is 1.71. The minimum Gasteiger partial charge on any atom is -0.461 e. The second-order valence-corrected chi connectivity index (χ2v) is 5.32. The molecule has 0 aliphatic heterocycles. The van der Waals surface area contributed by atoms with Gasteiger partial charge in [-0.25, -0.2) is 4.79 Å². The lowest BCUT2D eigenvalue weighted by atomic mass is 10.1. The van der Waals surface area contributed by atoms with Crippen LogP contribution in [0.2, 0.25) is 0 Å². The highest BCUT2D eigenvalue weighted by Gasteiger charge is 2.18. The number of anilines is 1. The summed E-state index contributed by atoms with van der Waals surface area (Å²) in [4.78, 5) is 24.0. The molecule has 122 valence electrons. The van der Waals surface area contributed by atoms with Crippen molar-refractivity contribution in [2.45, 2.75) is 19.9 Å². The zero-order valence-electron chi connectivity index (χ0n) is 13.5. The van der Waals surface area contributed by atoms with Crippen molar-refractivity contribution in [3.05, 3.63) is 53.3 Å². The van der Waals surface area contributed by atoms with Crippen LogP contribution in [0.1, 0.15) is 34.6 Å². The Labute approximate surface area is 135 Å². The SMILES string of the molecule is CCOC(=O)c1cc(NC(=O)C(N)c2ccc(C)cc2)cn1C. The molecule has 0 spiro atoms. The molecular formula is C17H21N3O3.